The molecular formula is C80H68N4O2SSi. The summed E-state index contributed by atoms with van der Waals surface area (Å²) >= 11 is 1.85. The molecule has 0 fully saturated rings. The van der Waals surface area contributed by atoms with Gasteiger partial charge in [0.05, 0.1) is 68.8 Å². The van der Waals surface area contributed by atoms with E-state index < -0.39 is 8.07 Å². The molecule has 88 heavy (non-hydrogen) atoms. The van der Waals surface area contributed by atoms with Gasteiger partial charge >= 0.3 is 0 Å². The van der Waals surface area contributed by atoms with Crippen LogP contribution in [-0.4, -0.2) is 22.1 Å². The Labute approximate surface area is 516 Å². The lowest BCUT2D eigenvalue weighted by atomic mass is 9.86. The van der Waals surface area contributed by atoms with Crippen LogP contribution in [-0.2, 0) is 10.8 Å². The van der Waals surface area contributed by atoms with Crippen molar-refractivity contribution >= 4 is 179 Å². The average Bonchev–Trinajstić information content (AvgIpc) is 1.52. The number of furan rings is 2. The van der Waals surface area contributed by atoms with Crippen molar-refractivity contribution in [2.75, 3.05) is 9.80 Å². The quantitative estimate of drug-likeness (QED) is 0.106. The summed E-state index contributed by atoms with van der Waals surface area (Å²) in [6, 6.07) is 77.5. The van der Waals surface area contributed by atoms with Crippen LogP contribution in [0.1, 0.15) is 66.5 Å². The summed E-state index contributed by atoms with van der Waals surface area (Å²) in [4.78, 5) is 6.08. The normalized spacial score (nSPS) is 13.1. The van der Waals surface area contributed by atoms with E-state index in [1.807, 2.05) is 11.8 Å². The van der Waals surface area contributed by atoms with Crippen molar-refractivity contribution in [1.82, 2.24) is 8.80 Å². The van der Waals surface area contributed by atoms with Gasteiger partial charge in [-0.3, -0.25) is 0 Å². The predicted octanol–water partition coefficient (Wildman–Crippen LogP) is 23.4. The number of thioether (sulfide) groups is 1. The first kappa shape index (κ1) is 53.1. The van der Waals surface area contributed by atoms with E-state index in [9.17, 15) is 0 Å². The summed E-state index contributed by atoms with van der Waals surface area (Å²) in [5.74, 6) is 0. The molecule has 0 N–H and O–H groups in total. The lowest BCUT2D eigenvalue weighted by Gasteiger charge is -2.26. The second-order valence-corrected chi connectivity index (χ2v) is 34.5. The maximum Gasteiger partial charge on any atom is 0.159 e. The van der Waals surface area contributed by atoms with Gasteiger partial charge in [0.25, 0.3) is 0 Å². The van der Waals surface area contributed by atoms with Crippen LogP contribution in [0, 0.1) is 0 Å². The van der Waals surface area contributed by atoms with Crippen molar-refractivity contribution in [3.8, 4) is 0 Å². The molecule has 0 atom stereocenters. The number of para-hydroxylation sites is 6. The summed E-state index contributed by atoms with van der Waals surface area (Å²) in [6.07, 6.45) is 0. The highest BCUT2D eigenvalue weighted by atomic mass is 32.2. The zero-order valence-corrected chi connectivity index (χ0v) is 53.5. The molecule has 0 aliphatic carbocycles. The van der Waals surface area contributed by atoms with Gasteiger partial charge in [0.15, 0.2) is 11.2 Å². The molecule has 17 rings (SSSR count). The molecule has 8 heteroatoms. The van der Waals surface area contributed by atoms with E-state index in [2.05, 4.69) is 300 Å². The molecule has 0 aliphatic heterocycles. The average molecular weight is 1180 g/mol. The molecule has 0 amide bonds. The van der Waals surface area contributed by atoms with Gasteiger partial charge in [-0.05, 0) is 118 Å². The Bertz CT molecular complexity index is 5710. The number of hydrogen-bond acceptors (Lipinski definition) is 5. The van der Waals surface area contributed by atoms with E-state index in [4.69, 9.17) is 8.83 Å². The lowest BCUT2D eigenvalue weighted by Crippen LogP contribution is -2.37. The minimum absolute atomic E-state index is 0.0808. The molecule has 0 bridgehead atoms. The minimum atomic E-state index is -1.78. The van der Waals surface area contributed by atoms with E-state index >= 15 is 0 Å². The van der Waals surface area contributed by atoms with Crippen LogP contribution in [0.2, 0.25) is 19.6 Å². The molecule has 6 aromatic heterocycles. The summed E-state index contributed by atoms with van der Waals surface area (Å²) in [5, 5.41) is 16.1. The third-order valence-corrected chi connectivity index (χ3v) is 21.9. The van der Waals surface area contributed by atoms with Gasteiger partial charge in [0.1, 0.15) is 11.2 Å². The number of aromatic nitrogens is 2. The second kappa shape index (κ2) is 18.7. The maximum atomic E-state index is 7.25. The van der Waals surface area contributed by atoms with Crippen LogP contribution >= 0.6 is 11.8 Å². The highest BCUT2D eigenvalue weighted by molar-refractivity contribution is 8.00. The van der Waals surface area contributed by atoms with Crippen LogP contribution in [0.25, 0.3) is 120 Å². The second-order valence-electron chi connectivity index (χ2n) is 27.8. The van der Waals surface area contributed by atoms with Crippen molar-refractivity contribution in [2.45, 2.75) is 96.0 Å². The van der Waals surface area contributed by atoms with Crippen LogP contribution in [0.15, 0.2) is 220 Å². The van der Waals surface area contributed by atoms with Crippen molar-refractivity contribution in [2.24, 2.45) is 0 Å². The molecule has 0 saturated heterocycles. The Balaban J connectivity index is 0.960. The third kappa shape index (κ3) is 7.61. The van der Waals surface area contributed by atoms with Gasteiger partial charge in [-0.2, -0.15) is 0 Å². The maximum absolute atomic E-state index is 7.25. The van der Waals surface area contributed by atoms with Crippen molar-refractivity contribution in [3.05, 3.63) is 217 Å². The Morgan fingerprint density at radius 2 is 0.807 bits per heavy atom. The third-order valence-electron chi connectivity index (χ3n) is 18.8. The molecule has 0 radical (unpaired) electrons. The standard InChI is InChI=1S/C80H68N4O2SSi/c1-46(2)87-69-32-20-28-55-53-26-18-30-65(75(53)85-77(55)69)81(49-22-14-12-15-23-49)63-40-36-51-57-44-68-58(45-67(57)83-61-38-34-47(79(3,4)5)42-59(61)71(63)73(51)83)52-37-41-64(72-60-43-48(80(6,7)8)35-39-62(60)84(68)74(52)72)82(50-24-16-13-17-25-50)66-31-19-27-54-56-29-21-33-70(88(9,10)11)78(56)86-76(54)66/h12-46H,1-11H3. The van der Waals surface area contributed by atoms with Crippen molar-refractivity contribution in [1.29, 1.82) is 0 Å². The Morgan fingerprint density at radius 1 is 0.375 bits per heavy atom. The fourth-order valence-corrected chi connectivity index (χ4v) is 17.1. The number of fused-ring (bicyclic) bond motifs is 18. The van der Waals surface area contributed by atoms with Gasteiger partial charge in [-0.15, -0.1) is 11.8 Å². The zero-order valence-electron chi connectivity index (χ0n) is 51.7. The first-order valence-electron chi connectivity index (χ1n) is 31.1. The van der Waals surface area contributed by atoms with Gasteiger partial charge in [-0.1, -0.05) is 190 Å². The summed E-state index contributed by atoms with van der Waals surface area (Å²) in [5.41, 5.74) is 19.7. The van der Waals surface area contributed by atoms with E-state index in [-0.39, 0.29) is 10.8 Å². The summed E-state index contributed by atoms with van der Waals surface area (Å²) in [7, 11) is -1.78. The zero-order chi connectivity index (χ0) is 60.0. The molecular weight excluding hydrogens is 1110 g/mol. The first-order valence-corrected chi connectivity index (χ1v) is 35.5. The topological polar surface area (TPSA) is 41.6 Å². The highest BCUT2D eigenvalue weighted by Crippen LogP contribution is 2.54. The molecule has 0 spiro atoms. The smallest absolute Gasteiger partial charge is 0.159 e. The molecule has 0 saturated carbocycles. The monoisotopic (exact) mass is 1180 g/mol. The molecule has 0 aliphatic rings. The fraction of sp³-hybridized carbons (Fsp3) is 0.175. The van der Waals surface area contributed by atoms with E-state index in [0.717, 1.165) is 77.5 Å². The minimum Gasteiger partial charge on any atom is -0.454 e. The van der Waals surface area contributed by atoms with Crippen LogP contribution < -0.4 is 15.0 Å². The number of nitrogens with zero attached hydrogens (tertiary/aromatic N) is 4. The predicted molar refractivity (Wildman–Crippen MR) is 381 cm³/mol. The Morgan fingerprint density at radius 3 is 1.26 bits per heavy atom. The first-order chi connectivity index (χ1) is 42.4. The molecule has 430 valence electrons. The largest absolute Gasteiger partial charge is 0.454 e. The number of benzene rings is 11. The van der Waals surface area contributed by atoms with E-state index in [0.29, 0.717) is 5.25 Å². The number of hydrogen-bond donors (Lipinski definition) is 0. The van der Waals surface area contributed by atoms with Gasteiger partial charge < -0.3 is 27.4 Å². The van der Waals surface area contributed by atoms with Gasteiger partial charge in [0, 0.05) is 81.3 Å². The molecule has 6 heterocycles. The molecule has 0 unspecified atom stereocenters. The van der Waals surface area contributed by atoms with E-state index in [1.165, 1.54) is 97.9 Å². The molecule has 11 aromatic carbocycles. The van der Waals surface area contributed by atoms with E-state index in [1.54, 1.807) is 0 Å². The van der Waals surface area contributed by atoms with Crippen molar-refractivity contribution in [3.63, 3.8) is 0 Å². The lowest BCUT2D eigenvalue weighted by molar-refractivity contribution is 0.591. The summed E-state index contributed by atoms with van der Waals surface area (Å²) in [6.45, 7) is 25.7. The number of rotatable bonds is 9. The Hall–Kier alpha value is -9.21. The molecule has 6 nitrogen and oxygen atoms in total. The Kier molecular flexibility index (Phi) is 11.2. The van der Waals surface area contributed by atoms with Crippen LogP contribution in [0.5, 0.6) is 0 Å². The molecule has 17 aromatic rings. The van der Waals surface area contributed by atoms with Crippen molar-refractivity contribution < 1.29 is 8.83 Å². The van der Waals surface area contributed by atoms with Gasteiger partial charge in [0.2, 0.25) is 0 Å². The number of anilines is 6. The fourth-order valence-electron chi connectivity index (χ4n) is 14.7. The summed E-state index contributed by atoms with van der Waals surface area (Å²) < 4.78 is 19.6. The highest BCUT2D eigenvalue weighted by Gasteiger charge is 2.32. The SMILES string of the molecule is CC(C)Sc1cccc2c1oc1c(N(c3ccccc3)c3ccc4c5cc6c(cc5n5c7ccc(C(C)(C)C)cc7c3c45)c3ccc(N(c4ccccc4)c4cccc5c4oc4c([Si](C)(C)C)cccc45)c4c5cc(C(C)(C)C)ccc5n6c34)cccc12. The van der Waals surface area contributed by atoms with Gasteiger partial charge in [-0.25, -0.2) is 0 Å². The van der Waals surface area contributed by atoms with Crippen LogP contribution in [0.3, 0.4) is 0 Å². The van der Waals surface area contributed by atoms with Crippen LogP contribution in [0.4, 0.5) is 34.1 Å².